The van der Waals surface area contributed by atoms with Gasteiger partial charge in [-0.3, -0.25) is 10.1 Å². The van der Waals surface area contributed by atoms with Gasteiger partial charge in [0.1, 0.15) is 0 Å². The number of amides is 1. The van der Waals surface area contributed by atoms with Gasteiger partial charge in [0.15, 0.2) is 0 Å². The highest BCUT2D eigenvalue weighted by Gasteiger charge is 1.98. The van der Waals surface area contributed by atoms with Crippen LogP contribution >= 0.6 is 0 Å². The first-order valence-corrected chi connectivity index (χ1v) is 5.16. The van der Waals surface area contributed by atoms with Gasteiger partial charge in [-0.1, -0.05) is 30.3 Å². The van der Waals surface area contributed by atoms with Crippen molar-refractivity contribution < 1.29 is 4.79 Å². The van der Waals surface area contributed by atoms with Crippen molar-refractivity contribution in [2.24, 2.45) is 0 Å². The second-order valence-corrected chi connectivity index (χ2v) is 3.31. The highest BCUT2D eigenvalue weighted by Crippen LogP contribution is 2.01. The van der Waals surface area contributed by atoms with E-state index in [1.54, 1.807) is 24.5 Å². The zero-order valence-electron chi connectivity index (χ0n) is 9.08. The van der Waals surface area contributed by atoms with Gasteiger partial charge in [-0.2, -0.15) is 0 Å². The minimum Gasteiger partial charge on any atom is -0.291 e. The Kier molecular flexibility index (Phi) is 3.60. The van der Waals surface area contributed by atoms with Gasteiger partial charge in [0, 0.05) is 18.5 Å². The van der Waals surface area contributed by atoms with E-state index < -0.39 is 0 Å². The molecule has 2 aromatic rings. The molecule has 84 valence electrons. The molecular formula is C13H11N3O. The molecule has 0 unspecified atom stereocenters. The van der Waals surface area contributed by atoms with Gasteiger partial charge in [0.25, 0.3) is 5.91 Å². The van der Waals surface area contributed by atoms with E-state index in [9.17, 15) is 4.79 Å². The fraction of sp³-hybridized carbons (Fsp3) is 0. The van der Waals surface area contributed by atoms with Gasteiger partial charge < -0.3 is 0 Å². The SMILES string of the molecule is O=C(C=Cc1ccccc1)Nc1ncccn1. The van der Waals surface area contributed by atoms with E-state index in [-0.39, 0.29) is 5.91 Å². The molecule has 0 spiro atoms. The molecule has 1 heterocycles. The summed E-state index contributed by atoms with van der Waals surface area (Å²) in [4.78, 5) is 19.3. The van der Waals surface area contributed by atoms with E-state index in [1.165, 1.54) is 6.08 Å². The lowest BCUT2D eigenvalue weighted by molar-refractivity contribution is -0.111. The highest BCUT2D eigenvalue weighted by molar-refractivity contribution is 6.00. The number of carbonyl (C=O) groups is 1. The second kappa shape index (κ2) is 5.55. The van der Waals surface area contributed by atoms with Gasteiger partial charge in [0.05, 0.1) is 0 Å². The Morgan fingerprint density at radius 2 is 1.76 bits per heavy atom. The van der Waals surface area contributed by atoms with Crippen molar-refractivity contribution in [3.05, 3.63) is 60.4 Å². The third-order valence-corrected chi connectivity index (χ3v) is 2.03. The summed E-state index contributed by atoms with van der Waals surface area (Å²) in [6.07, 6.45) is 6.33. The Balaban J connectivity index is 1.96. The molecule has 0 aliphatic carbocycles. The van der Waals surface area contributed by atoms with Crippen molar-refractivity contribution in [2.45, 2.75) is 0 Å². The maximum Gasteiger partial charge on any atom is 0.250 e. The molecule has 0 bridgehead atoms. The number of nitrogens with one attached hydrogen (secondary N) is 1. The van der Waals surface area contributed by atoms with Crippen LogP contribution in [0.1, 0.15) is 5.56 Å². The molecule has 4 heteroatoms. The molecule has 1 amide bonds. The standard InChI is InChI=1S/C13H11N3O/c17-12(16-13-14-9-4-10-15-13)8-7-11-5-2-1-3-6-11/h1-10H,(H,14,15,16,17). The van der Waals surface area contributed by atoms with Gasteiger partial charge in [-0.15, -0.1) is 0 Å². The van der Waals surface area contributed by atoms with E-state index >= 15 is 0 Å². The molecule has 4 nitrogen and oxygen atoms in total. The van der Waals surface area contributed by atoms with Crippen molar-refractivity contribution in [3.8, 4) is 0 Å². The molecular weight excluding hydrogens is 214 g/mol. The molecule has 17 heavy (non-hydrogen) atoms. The summed E-state index contributed by atoms with van der Waals surface area (Å²) in [5.41, 5.74) is 0.969. The number of carbonyl (C=O) groups excluding carboxylic acids is 1. The first-order valence-electron chi connectivity index (χ1n) is 5.16. The average molecular weight is 225 g/mol. The van der Waals surface area contributed by atoms with Crippen molar-refractivity contribution >= 4 is 17.9 Å². The van der Waals surface area contributed by atoms with Crippen molar-refractivity contribution in [1.29, 1.82) is 0 Å². The van der Waals surface area contributed by atoms with Crippen LogP contribution in [0.2, 0.25) is 0 Å². The van der Waals surface area contributed by atoms with Crippen LogP contribution in [0.5, 0.6) is 0 Å². The number of aromatic nitrogens is 2. The average Bonchev–Trinajstić information content (AvgIpc) is 2.39. The molecule has 0 fully saturated rings. The van der Waals surface area contributed by atoms with Crippen LogP contribution in [0.4, 0.5) is 5.95 Å². The molecule has 0 atom stereocenters. The Labute approximate surface area is 99.0 Å². The Bertz CT molecular complexity index is 509. The largest absolute Gasteiger partial charge is 0.291 e. The van der Waals surface area contributed by atoms with Crippen LogP contribution < -0.4 is 5.32 Å². The van der Waals surface area contributed by atoms with Crippen LogP contribution in [0.15, 0.2) is 54.9 Å². The second-order valence-electron chi connectivity index (χ2n) is 3.31. The summed E-state index contributed by atoms with van der Waals surface area (Å²) in [7, 11) is 0. The van der Waals surface area contributed by atoms with Crippen LogP contribution in [0, 0.1) is 0 Å². The maximum absolute atomic E-state index is 11.5. The number of hydrogen-bond acceptors (Lipinski definition) is 3. The summed E-state index contributed by atoms with van der Waals surface area (Å²) in [5.74, 6) is 0.0512. The third-order valence-electron chi connectivity index (χ3n) is 2.03. The van der Waals surface area contributed by atoms with Gasteiger partial charge in [-0.25, -0.2) is 9.97 Å². The predicted molar refractivity (Wildman–Crippen MR) is 66.1 cm³/mol. The van der Waals surface area contributed by atoms with E-state index in [2.05, 4.69) is 15.3 Å². The molecule has 1 aromatic heterocycles. The van der Waals surface area contributed by atoms with E-state index in [0.29, 0.717) is 5.95 Å². The topological polar surface area (TPSA) is 54.9 Å². The minimum absolute atomic E-state index is 0.250. The zero-order chi connectivity index (χ0) is 11.9. The third kappa shape index (κ3) is 3.53. The lowest BCUT2D eigenvalue weighted by atomic mass is 10.2. The van der Waals surface area contributed by atoms with E-state index in [1.807, 2.05) is 30.3 Å². The summed E-state index contributed by atoms with van der Waals surface area (Å²) < 4.78 is 0. The molecule has 0 radical (unpaired) electrons. The fourth-order valence-corrected chi connectivity index (χ4v) is 1.25. The Hall–Kier alpha value is -2.49. The molecule has 1 N–H and O–H groups in total. The van der Waals surface area contributed by atoms with Crippen molar-refractivity contribution in [2.75, 3.05) is 5.32 Å². The lowest BCUT2D eigenvalue weighted by Crippen LogP contribution is -2.10. The van der Waals surface area contributed by atoms with Gasteiger partial charge >= 0.3 is 0 Å². The lowest BCUT2D eigenvalue weighted by Gasteiger charge is -1.98. The molecule has 0 saturated heterocycles. The smallest absolute Gasteiger partial charge is 0.250 e. The number of benzene rings is 1. The Morgan fingerprint density at radius 1 is 1.06 bits per heavy atom. The highest BCUT2D eigenvalue weighted by atomic mass is 16.1. The number of anilines is 1. The molecule has 2 rings (SSSR count). The monoisotopic (exact) mass is 225 g/mol. The summed E-state index contributed by atoms with van der Waals surface area (Å²) in [5, 5.41) is 2.56. The molecule has 1 aromatic carbocycles. The normalized spacial score (nSPS) is 10.4. The van der Waals surface area contributed by atoms with Crippen LogP contribution in [-0.4, -0.2) is 15.9 Å². The summed E-state index contributed by atoms with van der Waals surface area (Å²) >= 11 is 0. The van der Waals surface area contributed by atoms with Gasteiger partial charge in [-0.05, 0) is 17.7 Å². The number of nitrogens with zero attached hydrogens (tertiary/aromatic N) is 2. The first kappa shape index (κ1) is 11.0. The number of hydrogen-bond donors (Lipinski definition) is 1. The van der Waals surface area contributed by atoms with Crippen LogP contribution in [0.3, 0.4) is 0 Å². The first-order chi connectivity index (χ1) is 8.34. The summed E-state index contributed by atoms with van der Waals surface area (Å²) in [6.45, 7) is 0. The van der Waals surface area contributed by atoms with Crippen LogP contribution in [0.25, 0.3) is 6.08 Å². The van der Waals surface area contributed by atoms with Crippen molar-refractivity contribution in [3.63, 3.8) is 0 Å². The van der Waals surface area contributed by atoms with E-state index in [4.69, 9.17) is 0 Å². The fourth-order valence-electron chi connectivity index (χ4n) is 1.25. The number of rotatable bonds is 3. The predicted octanol–water partition coefficient (Wildman–Crippen LogP) is 2.13. The molecule has 0 saturated carbocycles. The van der Waals surface area contributed by atoms with E-state index in [0.717, 1.165) is 5.56 Å². The molecule has 0 aliphatic rings. The van der Waals surface area contributed by atoms with Crippen molar-refractivity contribution in [1.82, 2.24) is 9.97 Å². The summed E-state index contributed by atoms with van der Waals surface area (Å²) in [6, 6.07) is 11.3. The molecule has 0 aliphatic heterocycles. The Morgan fingerprint density at radius 3 is 2.47 bits per heavy atom. The van der Waals surface area contributed by atoms with Crippen LogP contribution in [-0.2, 0) is 4.79 Å². The quantitative estimate of drug-likeness (QED) is 0.814. The zero-order valence-corrected chi connectivity index (χ0v) is 9.08. The minimum atomic E-state index is -0.250. The van der Waals surface area contributed by atoms with Gasteiger partial charge in [0.2, 0.25) is 5.95 Å². The maximum atomic E-state index is 11.5.